The SMILES string of the molecule is Cc1ccc(S(=O)(=O)/N=C2/S/C(=C/N(C)C)C(=O)N2C2CCCCC2)cc1. The topological polar surface area (TPSA) is 70.0 Å². The van der Waals surface area contributed by atoms with Gasteiger partial charge in [-0.3, -0.25) is 9.69 Å². The fourth-order valence-corrected chi connectivity index (χ4v) is 5.60. The van der Waals surface area contributed by atoms with Crippen LogP contribution in [0.2, 0.25) is 0 Å². The van der Waals surface area contributed by atoms with Crippen LogP contribution in [0, 0.1) is 6.92 Å². The first-order chi connectivity index (χ1) is 12.8. The molecule has 0 bridgehead atoms. The van der Waals surface area contributed by atoms with Crippen LogP contribution in [0.5, 0.6) is 0 Å². The number of sulfonamides is 1. The number of hydrogen-bond acceptors (Lipinski definition) is 5. The minimum Gasteiger partial charge on any atom is -0.382 e. The van der Waals surface area contributed by atoms with Crippen molar-refractivity contribution in [3.8, 4) is 0 Å². The number of hydrogen-bond donors (Lipinski definition) is 0. The molecule has 146 valence electrons. The van der Waals surface area contributed by atoms with Crippen molar-refractivity contribution in [1.82, 2.24) is 9.80 Å². The van der Waals surface area contributed by atoms with E-state index in [1.165, 1.54) is 0 Å². The zero-order valence-corrected chi connectivity index (χ0v) is 17.5. The summed E-state index contributed by atoms with van der Waals surface area (Å²) in [6.07, 6.45) is 6.73. The van der Waals surface area contributed by atoms with E-state index in [1.54, 1.807) is 40.3 Å². The van der Waals surface area contributed by atoms with Crippen LogP contribution in [0.15, 0.2) is 44.7 Å². The number of amides is 1. The van der Waals surface area contributed by atoms with E-state index in [9.17, 15) is 13.2 Å². The van der Waals surface area contributed by atoms with Gasteiger partial charge in [-0.25, -0.2) is 0 Å². The molecular formula is C19H25N3O3S2. The fourth-order valence-electron chi connectivity index (χ4n) is 3.30. The summed E-state index contributed by atoms with van der Waals surface area (Å²) < 4.78 is 29.7. The molecule has 6 nitrogen and oxygen atoms in total. The molecule has 1 saturated heterocycles. The first-order valence-electron chi connectivity index (χ1n) is 9.09. The van der Waals surface area contributed by atoms with Crippen molar-refractivity contribution in [2.75, 3.05) is 14.1 Å². The molecule has 1 aromatic carbocycles. The molecule has 1 heterocycles. The van der Waals surface area contributed by atoms with Gasteiger partial charge in [0.2, 0.25) is 0 Å². The molecule has 0 atom stereocenters. The third kappa shape index (κ3) is 4.55. The Hall–Kier alpha value is -1.80. The summed E-state index contributed by atoms with van der Waals surface area (Å²) in [7, 11) is -0.200. The van der Waals surface area contributed by atoms with Gasteiger partial charge in [-0.05, 0) is 43.7 Å². The monoisotopic (exact) mass is 407 g/mol. The minimum absolute atomic E-state index is 0.0128. The van der Waals surface area contributed by atoms with Crippen molar-refractivity contribution in [3.05, 3.63) is 40.9 Å². The molecule has 0 spiro atoms. The van der Waals surface area contributed by atoms with Crippen LogP contribution in [0.1, 0.15) is 37.7 Å². The molecule has 0 radical (unpaired) electrons. The quantitative estimate of drug-likeness (QED) is 0.716. The van der Waals surface area contributed by atoms with Crippen molar-refractivity contribution in [2.24, 2.45) is 4.40 Å². The maximum absolute atomic E-state index is 13.0. The van der Waals surface area contributed by atoms with Gasteiger partial charge in [0.1, 0.15) is 0 Å². The van der Waals surface area contributed by atoms with Crippen molar-refractivity contribution < 1.29 is 13.2 Å². The van der Waals surface area contributed by atoms with Gasteiger partial charge in [-0.1, -0.05) is 37.0 Å². The lowest BCUT2D eigenvalue weighted by Crippen LogP contribution is -2.40. The van der Waals surface area contributed by atoms with Crippen LogP contribution in [0.25, 0.3) is 0 Å². The number of carbonyl (C=O) groups excluding carboxylic acids is 1. The molecule has 1 aliphatic heterocycles. The average Bonchev–Trinajstić information content (AvgIpc) is 2.90. The van der Waals surface area contributed by atoms with E-state index in [0.29, 0.717) is 4.91 Å². The lowest BCUT2D eigenvalue weighted by molar-refractivity contribution is -0.124. The van der Waals surface area contributed by atoms with Gasteiger partial charge in [-0.2, -0.15) is 8.42 Å². The summed E-state index contributed by atoms with van der Waals surface area (Å²) in [5.74, 6) is -0.154. The van der Waals surface area contributed by atoms with Crippen molar-refractivity contribution in [1.29, 1.82) is 0 Å². The number of benzene rings is 1. The second-order valence-corrected chi connectivity index (χ2v) is 9.80. The van der Waals surface area contributed by atoms with Gasteiger partial charge in [0.05, 0.1) is 9.80 Å². The van der Waals surface area contributed by atoms with Crippen LogP contribution in [0.3, 0.4) is 0 Å². The van der Waals surface area contributed by atoms with E-state index >= 15 is 0 Å². The van der Waals surface area contributed by atoms with Gasteiger partial charge in [0.15, 0.2) is 5.17 Å². The highest BCUT2D eigenvalue weighted by Crippen LogP contribution is 2.37. The summed E-state index contributed by atoms with van der Waals surface area (Å²) in [6, 6.07) is 6.61. The number of amidine groups is 1. The number of thioether (sulfide) groups is 1. The Labute approximate surface area is 165 Å². The third-order valence-corrected chi connectivity index (χ3v) is 7.04. The molecule has 1 saturated carbocycles. The number of aryl methyl sites for hydroxylation is 1. The normalized spacial score (nSPS) is 22.0. The smallest absolute Gasteiger partial charge is 0.284 e. The molecular weight excluding hydrogens is 382 g/mol. The molecule has 0 unspecified atom stereocenters. The van der Waals surface area contributed by atoms with Gasteiger partial charge >= 0.3 is 0 Å². The highest BCUT2D eigenvalue weighted by Gasteiger charge is 2.40. The van der Waals surface area contributed by atoms with Crippen LogP contribution >= 0.6 is 11.8 Å². The lowest BCUT2D eigenvalue weighted by atomic mass is 9.94. The van der Waals surface area contributed by atoms with Gasteiger partial charge in [-0.15, -0.1) is 4.40 Å². The summed E-state index contributed by atoms with van der Waals surface area (Å²) in [4.78, 5) is 17.0. The first-order valence-corrected chi connectivity index (χ1v) is 11.3. The van der Waals surface area contributed by atoms with E-state index < -0.39 is 10.0 Å². The third-order valence-electron chi connectivity index (χ3n) is 4.67. The standard InChI is InChI=1S/C19H25N3O3S2/c1-14-9-11-16(12-10-14)27(24,25)20-19-22(15-7-5-4-6-8-15)18(23)17(26-19)13-21(2)3/h9-13,15H,4-8H2,1-3H3/b17-13+,20-19+. The van der Waals surface area contributed by atoms with E-state index in [-0.39, 0.29) is 22.0 Å². The number of nitrogens with zero attached hydrogens (tertiary/aromatic N) is 3. The molecule has 2 fully saturated rings. The average molecular weight is 408 g/mol. The fraction of sp³-hybridized carbons (Fsp3) is 0.474. The Morgan fingerprint density at radius 1 is 1.15 bits per heavy atom. The van der Waals surface area contributed by atoms with E-state index in [1.807, 2.05) is 21.0 Å². The molecule has 3 rings (SSSR count). The van der Waals surface area contributed by atoms with Gasteiger partial charge in [0, 0.05) is 26.3 Å². The second-order valence-electron chi connectivity index (χ2n) is 7.19. The molecule has 0 N–H and O–H groups in total. The number of carbonyl (C=O) groups is 1. The highest BCUT2D eigenvalue weighted by molar-refractivity contribution is 8.19. The molecule has 1 amide bonds. The van der Waals surface area contributed by atoms with Crippen LogP contribution in [0.4, 0.5) is 0 Å². The summed E-state index contributed by atoms with van der Waals surface area (Å²) in [6.45, 7) is 1.90. The zero-order valence-electron chi connectivity index (χ0n) is 15.9. The predicted molar refractivity (Wildman–Crippen MR) is 109 cm³/mol. The Morgan fingerprint density at radius 3 is 2.37 bits per heavy atom. The Bertz CT molecular complexity index is 868. The van der Waals surface area contributed by atoms with E-state index in [2.05, 4.69) is 4.40 Å². The van der Waals surface area contributed by atoms with Gasteiger partial charge < -0.3 is 4.90 Å². The number of rotatable bonds is 4. The lowest BCUT2D eigenvalue weighted by Gasteiger charge is -2.30. The van der Waals surface area contributed by atoms with Crippen molar-refractivity contribution >= 4 is 32.9 Å². The Kier molecular flexibility index (Phi) is 5.95. The summed E-state index contributed by atoms with van der Waals surface area (Å²) in [5.41, 5.74) is 0.979. The minimum atomic E-state index is -3.87. The molecule has 27 heavy (non-hydrogen) atoms. The van der Waals surface area contributed by atoms with Crippen molar-refractivity contribution in [3.63, 3.8) is 0 Å². The van der Waals surface area contributed by atoms with E-state index in [0.717, 1.165) is 49.4 Å². The largest absolute Gasteiger partial charge is 0.382 e. The molecule has 1 aliphatic carbocycles. The molecule has 1 aromatic rings. The molecule has 0 aromatic heterocycles. The molecule has 8 heteroatoms. The van der Waals surface area contributed by atoms with Crippen molar-refractivity contribution in [2.45, 2.75) is 50.0 Å². The molecule has 2 aliphatic rings. The van der Waals surface area contributed by atoms with Crippen LogP contribution in [-0.2, 0) is 14.8 Å². The maximum atomic E-state index is 13.0. The Morgan fingerprint density at radius 2 is 1.78 bits per heavy atom. The maximum Gasteiger partial charge on any atom is 0.284 e. The Balaban J connectivity index is 1.99. The van der Waals surface area contributed by atoms with Crippen LogP contribution < -0.4 is 0 Å². The predicted octanol–water partition coefficient (Wildman–Crippen LogP) is 3.35. The zero-order chi connectivity index (χ0) is 19.6. The second kappa shape index (κ2) is 8.06. The first kappa shape index (κ1) is 19.9. The summed E-state index contributed by atoms with van der Waals surface area (Å²) >= 11 is 1.14. The van der Waals surface area contributed by atoms with E-state index in [4.69, 9.17) is 0 Å². The van der Waals surface area contributed by atoms with Gasteiger partial charge in [0.25, 0.3) is 15.9 Å². The summed E-state index contributed by atoms with van der Waals surface area (Å²) in [5, 5.41) is 0.264. The van der Waals surface area contributed by atoms with Crippen LogP contribution in [-0.4, -0.2) is 49.4 Å². The highest BCUT2D eigenvalue weighted by atomic mass is 32.2.